The number of aromatic nitrogens is 1. The largest absolute Gasteiger partial charge is 0.325 e. The predicted molar refractivity (Wildman–Crippen MR) is 81.6 cm³/mol. The molecule has 0 bridgehead atoms. The zero-order valence-corrected chi connectivity index (χ0v) is 13.2. The Morgan fingerprint density at radius 1 is 1.33 bits per heavy atom. The second kappa shape index (κ2) is 6.33. The van der Waals surface area contributed by atoms with Gasteiger partial charge in [0.15, 0.2) is 0 Å². The molecule has 0 fully saturated rings. The minimum atomic E-state index is -3.72. The van der Waals surface area contributed by atoms with Gasteiger partial charge in [0.05, 0.1) is 12.2 Å². The lowest BCUT2D eigenvalue weighted by Gasteiger charge is -2.10. The van der Waals surface area contributed by atoms with E-state index in [2.05, 4.69) is 15.0 Å². The first-order valence-electron chi connectivity index (χ1n) is 6.16. The van der Waals surface area contributed by atoms with Crippen LogP contribution in [-0.4, -0.2) is 19.3 Å². The van der Waals surface area contributed by atoms with Crippen LogP contribution in [0.5, 0.6) is 0 Å². The Balaban J connectivity index is 2.21. The summed E-state index contributed by atoms with van der Waals surface area (Å²) in [6.07, 6.45) is 0. The number of carbonyl (C=O) groups excluding carboxylic acids is 1. The number of hydrogen-bond donors (Lipinski definition) is 2. The van der Waals surface area contributed by atoms with Crippen LogP contribution in [0.25, 0.3) is 0 Å². The van der Waals surface area contributed by atoms with Gasteiger partial charge in [-0.1, -0.05) is 12.1 Å². The standard InChI is InChI=1S/C13H15N3O3S2/c1-9-8-20-13(15-9)7-14-21(18,19)12-6-4-3-5-11(12)16-10(2)17/h3-6,8,14H,7H2,1-2H3,(H,16,17). The van der Waals surface area contributed by atoms with Crippen LogP contribution >= 0.6 is 11.3 Å². The molecule has 6 nitrogen and oxygen atoms in total. The van der Waals surface area contributed by atoms with Gasteiger partial charge in [0.2, 0.25) is 15.9 Å². The predicted octanol–water partition coefficient (Wildman–Crippen LogP) is 1.89. The molecule has 0 atom stereocenters. The van der Waals surface area contributed by atoms with Crippen molar-refractivity contribution in [3.8, 4) is 0 Å². The summed E-state index contributed by atoms with van der Waals surface area (Å²) in [6.45, 7) is 3.30. The number of amides is 1. The number of nitrogens with one attached hydrogen (secondary N) is 2. The number of aryl methyl sites for hydroxylation is 1. The molecule has 0 radical (unpaired) electrons. The van der Waals surface area contributed by atoms with Gasteiger partial charge in [-0.3, -0.25) is 4.79 Å². The Kier molecular flexibility index (Phi) is 4.71. The van der Waals surface area contributed by atoms with E-state index in [1.54, 1.807) is 18.2 Å². The van der Waals surface area contributed by atoms with E-state index in [0.29, 0.717) is 5.01 Å². The van der Waals surface area contributed by atoms with Crippen LogP contribution in [-0.2, 0) is 21.4 Å². The number of rotatable bonds is 5. The maximum Gasteiger partial charge on any atom is 0.243 e. The van der Waals surface area contributed by atoms with Crippen LogP contribution < -0.4 is 10.0 Å². The molecular weight excluding hydrogens is 310 g/mol. The number of sulfonamides is 1. The Morgan fingerprint density at radius 2 is 2.05 bits per heavy atom. The van der Waals surface area contributed by atoms with Gasteiger partial charge in [-0.2, -0.15) is 0 Å². The molecule has 0 saturated heterocycles. The number of benzene rings is 1. The van der Waals surface area contributed by atoms with E-state index in [1.807, 2.05) is 12.3 Å². The maximum absolute atomic E-state index is 12.3. The van der Waals surface area contributed by atoms with E-state index in [-0.39, 0.29) is 23.0 Å². The van der Waals surface area contributed by atoms with Crippen LogP contribution in [0.1, 0.15) is 17.6 Å². The lowest BCUT2D eigenvalue weighted by atomic mass is 10.3. The number of thiazole rings is 1. The molecule has 1 aromatic heterocycles. The molecule has 0 aliphatic heterocycles. The van der Waals surface area contributed by atoms with E-state index < -0.39 is 10.0 Å². The van der Waals surface area contributed by atoms with Crippen molar-refractivity contribution in [2.45, 2.75) is 25.3 Å². The highest BCUT2D eigenvalue weighted by Crippen LogP contribution is 2.21. The molecule has 1 amide bonds. The minimum Gasteiger partial charge on any atom is -0.325 e. The van der Waals surface area contributed by atoms with Crippen molar-refractivity contribution in [1.29, 1.82) is 0 Å². The molecule has 0 aliphatic carbocycles. The van der Waals surface area contributed by atoms with Crippen LogP contribution in [0, 0.1) is 6.92 Å². The Labute approximate surface area is 127 Å². The van der Waals surface area contributed by atoms with Gasteiger partial charge in [0, 0.05) is 18.0 Å². The molecular formula is C13H15N3O3S2. The highest BCUT2D eigenvalue weighted by Gasteiger charge is 2.19. The van der Waals surface area contributed by atoms with Crippen molar-refractivity contribution >= 4 is 33.0 Å². The van der Waals surface area contributed by atoms with Crippen LogP contribution in [0.15, 0.2) is 34.5 Å². The molecule has 2 rings (SSSR count). The highest BCUT2D eigenvalue weighted by atomic mass is 32.2. The molecule has 112 valence electrons. The fourth-order valence-electron chi connectivity index (χ4n) is 1.71. The second-order valence-corrected chi connectivity index (χ2v) is 7.06. The zero-order valence-electron chi connectivity index (χ0n) is 11.6. The lowest BCUT2D eigenvalue weighted by Crippen LogP contribution is -2.24. The Bertz CT molecular complexity index is 754. The first-order valence-corrected chi connectivity index (χ1v) is 8.52. The van der Waals surface area contributed by atoms with Crippen molar-refractivity contribution in [2.75, 3.05) is 5.32 Å². The molecule has 0 spiro atoms. The molecule has 2 aromatic rings. The van der Waals surface area contributed by atoms with Crippen molar-refractivity contribution in [3.05, 3.63) is 40.3 Å². The van der Waals surface area contributed by atoms with Gasteiger partial charge in [-0.15, -0.1) is 11.3 Å². The number of nitrogens with zero attached hydrogens (tertiary/aromatic N) is 1. The molecule has 21 heavy (non-hydrogen) atoms. The summed E-state index contributed by atoms with van der Waals surface area (Å²) in [7, 11) is -3.72. The summed E-state index contributed by atoms with van der Waals surface area (Å²) < 4.78 is 27.1. The Morgan fingerprint density at radius 3 is 2.67 bits per heavy atom. The highest BCUT2D eigenvalue weighted by molar-refractivity contribution is 7.89. The molecule has 0 aliphatic rings. The van der Waals surface area contributed by atoms with Gasteiger partial charge in [0.25, 0.3) is 0 Å². The monoisotopic (exact) mass is 325 g/mol. The molecule has 8 heteroatoms. The van der Waals surface area contributed by atoms with Crippen molar-refractivity contribution in [2.24, 2.45) is 0 Å². The van der Waals surface area contributed by atoms with Crippen LogP contribution in [0.4, 0.5) is 5.69 Å². The number of para-hydroxylation sites is 1. The fraction of sp³-hybridized carbons (Fsp3) is 0.231. The van der Waals surface area contributed by atoms with Crippen LogP contribution in [0.3, 0.4) is 0 Å². The van der Waals surface area contributed by atoms with E-state index in [0.717, 1.165) is 5.69 Å². The first kappa shape index (κ1) is 15.6. The van der Waals surface area contributed by atoms with Gasteiger partial charge in [-0.05, 0) is 19.1 Å². The van der Waals surface area contributed by atoms with E-state index in [1.165, 1.54) is 24.3 Å². The zero-order chi connectivity index (χ0) is 15.5. The van der Waals surface area contributed by atoms with E-state index in [9.17, 15) is 13.2 Å². The van der Waals surface area contributed by atoms with E-state index in [4.69, 9.17) is 0 Å². The third kappa shape index (κ3) is 4.10. The fourth-order valence-corrected chi connectivity index (χ4v) is 3.66. The lowest BCUT2D eigenvalue weighted by molar-refractivity contribution is -0.114. The van der Waals surface area contributed by atoms with Gasteiger partial charge in [0.1, 0.15) is 9.90 Å². The first-order chi connectivity index (χ1) is 9.88. The molecule has 2 N–H and O–H groups in total. The van der Waals surface area contributed by atoms with Gasteiger partial charge < -0.3 is 5.32 Å². The second-order valence-electron chi connectivity index (χ2n) is 4.38. The minimum absolute atomic E-state index is 0.0356. The number of anilines is 1. The third-order valence-electron chi connectivity index (χ3n) is 2.57. The number of hydrogen-bond acceptors (Lipinski definition) is 5. The van der Waals surface area contributed by atoms with Crippen molar-refractivity contribution in [3.63, 3.8) is 0 Å². The number of carbonyl (C=O) groups is 1. The van der Waals surface area contributed by atoms with Crippen molar-refractivity contribution in [1.82, 2.24) is 9.71 Å². The van der Waals surface area contributed by atoms with Gasteiger partial charge in [-0.25, -0.2) is 18.1 Å². The molecule has 1 heterocycles. The Hall–Kier alpha value is -1.77. The SMILES string of the molecule is CC(=O)Nc1ccccc1S(=O)(=O)NCc1nc(C)cs1. The average molecular weight is 325 g/mol. The average Bonchev–Trinajstić information content (AvgIpc) is 2.82. The smallest absolute Gasteiger partial charge is 0.243 e. The topological polar surface area (TPSA) is 88.2 Å². The summed E-state index contributed by atoms with van der Waals surface area (Å²) in [5, 5.41) is 5.05. The maximum atomic E-state index is 12.3. The summed E-state index contributed by atoms with van der Waals surface area (Å²) in [6, 6.07) is 6.26. The molecule has 0 saturated carbocycles. The van der Waals surface area contributed by atoms with Crippen LogP contribution in [0.2, 0.25) is 0 Å². The summed E-state index contributed by atoms with van der Waals surface area (Å²) in [5.74, 6) is -0.326. The summed E-state index contributed by atoms with van der Waals surface area (Å²) in [5.41, 5.74) is 1.11. The summed E-state index contributed by atoms with van der Waals surface area (Å²) >= 11 is 1.39. The molecule has 0 unspecified atom stereocenters. The normalized spacial score (nSPS) is 11.3. The quantitative estimate of drug-likeness (QED) is 0.878. The van der Waals surface area contributed by atoms with Crippen molar-refractivity contribution < 1.29 is 13.2 Å². The third-order valence-corrected chi connectivity index (χ3v) is 4.99. The van der Waals surface area contributed by atoms with E-state index >= 15 is 0 Å². The molecule has 1 aromatic carbocycles. The van der Waals surface area contributed by atoms with Gasteiger partial charge >= 0.3 is 0 Å². The summed E-state index contributed by atoms with van der Waals surface area (Å²) in [4.78, 5) is 15.4.